The lowest BCUT2D eigenvalue weighted by molar-refractivity contribution is 0.140. The molecule has 8 nitrogen and oxygen atoms in total. The minimum Gasteiger partial charge on any atom is -0.397 e. The highest BCUT2D eigenvalue weighted by Crippen LogP contribution is 2.17. The minimum absolute atomic E-state index is 0.403. The highest BCUT2D eigenvalue weighted by Gasteiger charge is 2.26. The molecule has 1 rings (SSSR count). The van der Waals surface area contributed by atoms with Crippen molar-refractivity contribution in [1.29, 1.82) is 0 Å². The summed E-state index contributed by atoms with van der Waals surface area (Å²) < 4.78 is 35.1. The molecule has 7 radical (unpaired) electrons. The van der Waals surface area contributed by atoms with E-state index in [4.69, 9.17) is 26.6 Å². The summed E-state index contributed by atoms with van der Waals surface area (Å²) in [5.74, 6) is 0.403. The Hall–Kier alpha value is 0.201. The van der Waals surface area contributed by atoms with Gasteiger partial charge in [0, 0.05) is 46.4 Å². The molecule has 48 heavy (non-hydrogen) atoms. The Bertz CT molecular complexity index is 939. The zero-order chi connectivity index (χ0) is 36.1. The fourth-order valence-corrected chi connectivity index (χ4v) is 15.5. The van der Waals surface area contributed by atoms with Crippen LogP contribution in [0.2, 0.25) is 50.4 Å². The molecular weight excluding hydrogens is 701 g/mol. The van der Waals surface area contributed by atoms with E-state index in [2.05, 4.69) is 90.8 Å². The lowest BCUT2D eigenvalue weighted by Crippen LogP contribution is -2.50. The molecule has 0 saturated carbocycles. The molecule has 0 amide bonds. The van der Waals surface area contributed by atoms with Gasteiger partial charge in [-0.25, -0.2) is 0 Å². The minimum atomic E-state index is -1.22. The van der Waals surface area contributed by atoms with Crippen molar-refractivity contribution in [3.63, 3.8) is 0 Å². The lowest BCUT2D eigenvalue weighted by atomic mass is 10.0. The third kappa shape index (κ3) is 16.7. The van der Waals surface area contributed by atoms with Gasteiger partial charge in [0.05, 0.1) is 27.1 Å². The highest BCUT2D eigenvalue weighted by molar-refractivity contribution is 6.75. The van der Waals surface area contributed by atoms with Crippen molar-refractivity contribution in [2.45, 2.75) is 116 Å². The van der Waals surface area contributed by atoms with Crippen LogP contribution in [0.15, 0.2) is 6.07 Å². The molecule has 0 N–H and O–H groups in total. The first-order chi connectivity index (χ1) is 23.0. The first-order valence-electron chi connectivity index (χ1n) is 18.1. The smallest absolute Gasteiger partial charge is 0.384 e. The Morgan fingerprint density at radius 3 is 1.52 bits per heavy atom. The van der Waals surface area contributed by atoms with Crippen LogP contribution in [-0.2, 0) is 39.4 Å². The molecule has 275 valence electrons. The van der Waals surface area contributed by atoms with Gasteiger partial charge in [-0.05, 0) is 117 Å². The van der Waals surface area contributed by atoms with Crippen LogP contribution in [0.25, 0.3) is 0 Å². The molecule has 0 aliphatic rings. The molecule has 0 fully saturated rings. The predicted molar refractivity (Wildman–Crippen MR) is 214 cm³/mol. The summed E-state index contributed by atoms with van der Waals surface area (Å²) in [4.78, 5) is 5.19. The maximum absolute atomic E-state index is 5.95. The molecule has 0 atom stereocenters. The molecule has 0 saturated heterocycles. The fourth-order valence-electron chi connectivity index (χ4n) is 6.43. The number of hydrogen-bond acceptors (Lipinski definition) is 8. The summed E-state index contributed by atoms with van der Waals surface area (Å²) in [6.45, 7) is 25.5. The molecule has 1 aromatic rings. The largest absolute Gasteiger partial charge is 0.397 e. The Morgan fingerprint density at radius 1 is 0.667 bits per heavy atom. The Kier molecular flexibility index (Phi) is 25.9. The van der Waals surface area contributed by atoms with Crippen LogP contribution in [-0.4, -0.2) is 138 Å². The molecule has 0 heterocycles. The van der Waals surface area contributed by atoms with Crippen molar-refractivity contribution in [2.24, 2.45) is 0 Å². The van der Waals surface area contributed by atoms with Crippen molar-refractivity contribution in [3.8, 4) is 0 Å². The normalized spacial score (nSPS) is 12.6. The Labute approximate surface area is 307 Å². The van der Waals surface area contributed by atoms with Gasteiger partial charge in [0.25, 0.3) is 0 Å². The van der Waals surface area contributed by atoms with E-state index in [1.54, 1.807) is 35.7 Å². The van der Waals surface area contributed by atoms with Gasteiger partial charge in [0.15, 0.2) is 0 Å². The quantitative estimate of drug-likeness (QED) is 0.0839. The second kappa shape index (κ2) is 26.9. The van der Waals surface area contributed by atoms with Gasteiger partial charge >= 0.3 is 27.9 Å². The van der Waals surface area contributed by atoms with Crippen molar-refractivity contribution in [3.05, 3.63) is 22.8 Å². The van der Waals surface area contributed by atoms with Crippen molar-refractivity contribution >= 4 is 65.3 Å². The van der Waals surface area contributed by atoms with Gasteiger partial charge in [-0.2, -0.15) is 0 Å². The first-order valence-corrected chi connectivity index (χ1v) is 28.9. The number of aryl methyl sites for hydroxylation is 2. The number of benzene rings is 1. The van der Waals surface area contributed by atoms with Gasteiger partial charge in [-0.3, -0.25) is 9.80 Å². The lowest BCUT2D eigenvalue weighted by Gasteiger charge is -2.36. The number of rotatable bonds is 29. The average molecular weight is 770 g/mol. The van der Waals surface area contributed by atoms with E-state index >= 15 is 0 Å². The van der Waals surface area contributed by atoms with Gasteiger partial charge in [0.2, 0.25) is 0 Å². The summed E-state index contributed by atoms with van der Waals surface area (Å²) in [5.41, 5.74) is 4.72. The Morgan fingerprint density at radius 2 is 1.12 bits per heavy atom. The van der Waals surface area contributed by atoms with Gasteiger partial charge in [-0.15, -0.1) is 0 Å². The van der Waals surface area contributed by atoms with Gasteiger partial charge in [-0.1, -0.05) is 54.2 Å². The predicted octanol–water partition coefficient (Wildman–Crippen LogP) is 4.96. The fraction of sp³-hybridized carbons (Fsp3) is 0.824. The van der Waals surface area contributed by atoms with Crippen molar-refractivity contribution in [2.75, 3.05) is 67.8 Å². The van der Waals surface area contributed by atoms with Gasteiger partial charge in [0.1, 0.15) is 0 Å². The molecule has 0 aliphatic carbocycles. The van der Waals surface area contributed by atoms with E-state index in [-0.39, 0.29) is 0 Å². The van der Waals surface area contributed by atoms with Crippen LogP contribution >= 0.6 is 0 Å². The van der Waals surface area contributed by atoms with Crippen LogP contribution in [0.3, 0.4) is 0 Å². The summed E-state index contributed by atoms with van der Waals surface area (Å²) in [6.07, 6.45) is 4.40. The third-order valence-corrected chi connectivity index (χ3v) is 18.9. The maximum atomic E-state index is 5.95. The van der Waals surface area contributed by atoms with Crippen molar-refractivity contribution < 1.29 is 26.6 Å². The van der Waals surface area contributed by atoms with E-state index in [0.717, 1.165) is 92.9 Å². The molecule has 0 aromatic heterocycles. The standard InChI is InChI=1S/C34H69N2O6Si6/c1-14-39-47(40-15-2)25-18-22-35(6)34(36(7)23-19-26-48(41-16-3)42-17-4)43-24-20-31-32(44(10)11)29(5)28-30(33(31)45(12)13)21-27-46(37-8)38-9/h28,34H,14-27H2,1-13H3. The van der Waals surface area contributed by atoms with E-state index in [9.17, 15) is 0 Å². The maximum Gasteiger partial charge on any atom is 0.384 e. The molecule has 0 aliphatic heterocycles. The monoisotopic (exact) mass is 769 g/mol. The van der Waals surface area contributed by atoms with Gasteiger partial charge < -0.3 is 26.6 Å². The third-order valence-electron chi connectivity index (χ3n) is 8.31. The van der Waals surface area contributed by atoms with E-state index in [0.29, 0.717) is 5.79 Å². The van der Waals surface area contributed by atoms with Crippen LogP contribution in [0.1, 0.15) is 57.2 Å². The highest BCUT2D eigenvalue weighted by atomic mass is 28.3. The second-order valence-electron chi connectivity index (χ2n) is 12.6. The number of nitrogens with zero attached hydrogens (tertiary/aromatic N) is 2. The summed E-state index contributed by atoms with van der Waals surface area (Å²) >= 11 is 0. The van der Waals surface area contributed by atoms with Crippen LogP contribution in [0, 0.1) is 6.92 Å². The molecule has 0 unspecified atom stereocenters. The topological polar surface area (TPSA) is 61.9 Å². The van der Waals surface area contributed by atoms with Crippen LogP contribution in [0.4, 0.5) is 0 Å². The molecular formula is C34H69N2O6Si6. The molecule has 0 spiro atoms. The van der Waals surface area contributed by atoms with Crippen LogP contribution < -0.4 is 10.4 Å². The molecule has 0 bridgehead atoms. The van der Waals surface area contributed by atoms with E-state index in [1.807, 2.05) is 0 Å². The van der Waals surface area contributed by atoms with E-state index < -0.39 is 45.4 Å². The summed E-state index contributed by atoms with van der Waals surface area (Å²) in [6, 6.07) is 6.75. The van der Waals surface area contributed by atoms with E-state index in [1.165, 1.54) is 11.6 Å². The molecule has 14 heteroatoms. The zero-order valence-corrected chi connectivity index (χ0v) is 38.9. The van der Waals surface area contributed by atoms with Crippen molar-refractivity contribution in [1.82, 2.24) is 9.80 Å². The zero-order valence-electron chi connectivity index (χ0n) is 32.9. The Balaban J connectivity index is 3.24. The molecule has 1 aromatic carbocycles. The second-order valence-corrected chi connectivity index (χ2v) is 24.7. The summed E-state index contributed by atoms with van der Waals surface area (Å²) in [7, 11) is 4.17. The van der Waals surface area contributed by atoms with Crippen LogP contribution in [0.5, 0.6) is 0 Å². The average Bonchev–Trinajstić information content (AvgIpc) is 3.03. The first kappa shape index (κ1) is 46.2. The number of hydrogen-bond donors (Lipinski definition) is 0. The SMILES string of the molecule is CCO[Si](CCCN(C)C([Si]CCc1c([Si](C)C)c(C)cc(CC[Si](OC)OC)c1[Si](C)C)N(C)CCC[Si](OCC)OCC)OCC. The summed E-state index contributed by atoms with van der Waals surface area (Å²) in [5, 5.41) is 3.37.